The predicted molar refractivity (Wildman–Crippen MR) is 62.5 cm³/mol. The molecule has 1 rings (SSSR count). The maximum absolute atomic E-state index is 5.78. The van der Waals surface area contributed by atoms with E-state index in [4.69, 9.17) is 22.1 Å². The van der Waals surface area contributed by atoms with E-state index in [1.807, 2.05) is 25.1 Å². The molecule has 0 saturated heterocycles. The van der Waals surface area contributed by atoms with Gasteiger partial charge in [0, 0.05) is 11.1 Å². The highest BCUT2D eigenvalue weighted by Gasteiger charge is 2.00. The maximum Gasteiger partial charge on any atom is 0.120 e. The minimum Gasteiger partial charge on any atom is -0.492 e. The van der Waals surface area contributed by atoms with Gasteiger partial charge in [0.05, 0.1) is 0 Å². The second-order valence-corrected chi connectivity index (χ2v) is 3.37. The molecule has 1 unspecified atom stereocenters. The lowest BCUT2D eigenvalue weighted by molar-refractivity contribution is 0.285. The van der Waals surface area contributed by atoms with Crippen molar-refractivity contribution in [3.8, 4) is 5.75 Å². The summed E-state index contributed by atoms with van der Waals surface area (Å²) in [5.41, 5.74) is 5.70. The zero-order valence-corrected chi connectivity index (χ0v) is 9.65. The van der Waals surface area contributed by atoms with Crippen molar-refractivity contribution in [2.75, 3.05) is 6.61 Å². The van der Waals surface area contributed by atoms with E-state index in [1.54, 1.807) is 6.07 Å². The zero-order valence-electron chi connectivity index (χ0n) is 8.07. The van der Waals surface area contributed by atoms with Gasteiger partial charge in [-0.05, 0) is 24.6 Å². The largest absolute Gasteiger partial charge is 0.492 e. The smallest absolute Gasteiger partial charge is 0.120 e. The summed E-state index contributed by atoms with van der Waals surface area (Å²) in [5.74, 6) is 0.774. The molecule has 0 aromatic heterocycles. The first kappa shape index (κ1) is 13.6. The minimum atomic E-state index is 0. The summed E-state index contributed by atoms with van der Waals surface area (Å²) in [5, 5.41) is 0.683. The average molecular weight is 236 g/mol. The van der Waals surface area contributed by atoms with E-state index in [0.717, 1.165) is 12.2 Å². The standard InChI is InChI=1S/C10H14ClNO.ClH/c1-2-9(12)7-13-10-5-3-4-8(11)6-10;/h3-6,9H,2,7,12H2,1H3;1H. The summed E-state index contributed by atoms with van der Waals surface area (Å²) < 4.78 is 5.43. The van der Waals surface area contributed by atoms with Gasteiger partial charge in [-0.1, -0.05) is 24.6 Å². The lowest BCUT2D eigenvalue weighted by Crippen LogP contribution is -2.26. The van der Waals surface area contributed by atoms with Crippen molar-refractivity contribution >= 4 is 24.0 Å². The van der Waals surface area contributed by atoms with Crippen LogP contribution in [0.4, 0.5) is 0 Å². The molecule has 1 aromatic carbocycles. The van der Waals surface area contributed by atoms with Gasteiger partial charge in [0.25, 0.3) is 0 Å². The fourth-order valence-electron chi connectivity index (χ4n) is 0.878. The molecule has 80 valence electrons. The molecule has 4 heteroatoms. The van der Waals surface area contributed by atoms with Crippen molar-refractivity contribution in [3.05, 3.63) is 29.3 Å². The van der Waals surface area contributed by atoms with Gasteiger partial charge in [-0.15, -0.1) is 12.4 Å². The highest BCUT2D eigenvalue weighted by Crippen LogP contribution is 2.17. The summed E-state index contributed by atoms with van der Waals surface area (Å²) >= 11 is 5.78. The molecule has 0 aliphatic carbocycles. The molecule has 0 radical (unpaired) electrons. The SMILES string of the molecule is CCC(N)COc1cccc(Cl)c1.Cl. The monoisotopic (exact) mass is 235 g/mol. The summed E-state index contributed by atoms with van der Waals surface area (Å²) in [7, 11) is 0. The molecular formula is C10H15Cl2NO. The summed E-state index contributed by atoms with van der Waals surface area (Å²) in [6.45, 7) is 2.57. The third-order valence-corrected chi connectivity index (χ3v) is 2.02. The number of rotatable bonds is 4. The molecule has 2 nitrogen and oxygen atoms in total. The van der Waals surface area contributed by atoms with Crippen molar-refractivity contribution in [3.63, 3.8) is 0 Å². The minimum absolute atomic E-state index is 0. The molecule has 0 aliphatic heterocycles. The number of benzene rings is 1. The Morgan fingerprint density at radius 1 is 1.50 bits per heavy atom. The van der Waals surface area contributed by atoms with Crippen molar-refractivity contribution in [2.24, 2.45) is 5.73 Å². The number of nitrogens with two attached hydrogens (primary N) is 1. The van der Waals surface area contributed by atoms with Crippen molar-refractivity contribution in [2.45, 2.75) is 19.4 Å². The molecule has 0 fully saturated rings. The van der Waals surface area contributed by atoms with Gasteiger partial charge in [-0.25, -0.2) is 0 Å². The van der Waals surface area contributed by atoms with E-state index in [1.165, 1.54) is 0 Å². The molecule has 2 N–H and O–H groups in total. The molecule has 0 bridgehead atoms. The molecule has 0 amide bonds. The van der Waals surface area contributed by atoms with E-state index in [2.05, 4.69) is 0 Å². The van der Waals surface area contributed by atoms with E-state index in [0.29, 0.717) is 11.6 Å². The van der Waals surface area contributed by atoms with Crippen molar-refractivity contribution in [1.82, 2.24) is 0 Å². The Hall–Kier alpha value is -0.440. The zero-order chi connectivity index (χ0) is 9.68. The first-order valence-electron chi connectivity index (χ1n) is 4.36. The van der Waals surface area contributed by atoms with Gasteiger partial charge in [-0.2, -0.15) is 0 Å². The van der Waals surface area contributed by atoms with Crippen LogP contribution in [0.15, 0.2) is 24.3 Å². The molecule has 0 spiro atoms. The highest BCUT2D eigenvalue weighted by atomic mass is 35.5. The fourth-order valence-corrected chi connectivity index (χ4v) is 1.06. The number of hydrogen-bond donors (Lipinski definition) is 1. The Balaban J connectivity index is 0.00000169. The highest BCUT2D eigenvalue weighted by molar-refractivity contribution is 6.30. The van der Waals surface area contributed by atoms with E-state index in [9.17, 15) is 0 Å². The molecule has 1 aromatic rings. The fraction of sp³-hybridized carbons (Fsp3) is 0.400. The summed E-state index contributed by atoms with van der Waals surface area (Å²) in [4.78, 5) is 0. The Bertz CT molecular complexity index is 268. The van der Waals surface area contributed by atoms with Crippen LogP contribution >= 0.6 is 24.0 Å². The van der Waals surface area contributed by atoms with Crippen LogP contribution in [0.5, 0.6) is 5.75 Å². The third kappa shape index (κ3) is 4.70. The Kier molecular flexibility index (Phi) is 6.71. The number of hydrogen-bond acceptors (Lipinski definition) is 2. The number of halogens is 2. The molecular weight excluding hydrogens is 221 g/mol. The third-order valence-electron chi connectivity index (χ3n) is 1.78. The van der Waals surface area contributed by atoms with Crippen LogP contribution < -0.4 is 10.5 Å². The average Bonchev–Trinajstić information content (AvgIpc) is 2.14. The van der Waals surface area contributed by atoms with Gasteiger partial charge < -0.3 is 10.5 Å². The Labute approximate surface area is 95.8 Å². The molecule has 0 saturated carbocycles. The van der Waals surface area contributed by atoms with E-state index >= 15 is 0 Å². The van der Waals surface area contributed by atoms with Crippen LogP contribution in [0, 0.1) is 0 Å². The van der Waals surface area contributed by atoms with Crippen LogP contribution in [-0.2, 0) is 0 Å². The first-order chi connectivity index (χ1) is 6.22. The van der Waals surface area contributed by atoms with Crippen molar-refractivity contribution < 1.29 is 4.74 Å². The first-order valence-corrected chi connectivity index (χ1v) is 4.74. The van der Waals surface area contributed by atoms with Gasteiger partial charge in [-0.3, -0.25) is 0 Å². The second-order valence-electron chi connectivity index (χ2n) is 2.94. The number of ether oxygens (including phenoxy) is 1. The lowest BCUT2D eigenvalue weighted by Gasteiger charge is -2.10. The molecule has 0 heterocycles. The van der Waals surface area contributed by atoms with Crippen molar-refractivity contribution in [1.29, 1.82) is 0 Å². The predicted octanol–water partition coefficient (Wildman–Crippen LogP) is 2.88. The van der Waals surface area contributed by atoms with Crippen LogP contribution in [0.3, 0.4) is 0 Å². The molecule has 0 aliphatic rings. The molecule has 14 heavy (non-hydrogen) atoms. The van der Waals surface area contributed by atoms with Gasteiger partial charge in [0.1, 0.15) is 12.4 Å². The van der Waals surface area contributed by atoms with Gasteiger partial charge >= 0.3 is 0 Å². The van der Waals surface area contributed by atoms with Crippen LogP contribution in [0.2, 0.25) is 5.02 Å². The Morgan fingerprint density at radius 2 is 2.21 bits per heavy atom. The van der Waals surface area contributed by atoms with Crippen LogP contribution in [0.25, 0.3) is 0 Å². The molecule has 1 atom stereocenters. The van der Waals surface area contributed by atoms with Gasteiger partial charge in [0.2, 0.25) is 0 Å². The Morgan fingerprint density at radius 3 is 2.79 bits per heavy atom. The normalized spacial score (nSPS) is 11.6. The summed E-state index contributed by atoms with van der Waals surface area (Å²) in [6, 6.07) is 7.42. The maximum atomic E-state index is 5.78. The van der Waals surface area contributed by atoms with E-state index < -0.39 is 0 Å². The van der Waals surface area contributed by atoms with Crippen LogP contribution in [0.1, 0.15) is 13.3 Å². The van der Waals surface area contributed by atoms with E-state index in [-0.39, 0.29) is 18.4 Å². The summed E-state index contributed by atoms with van der Waals surface area (Å²) in [6.07, 6.45) is 0.917. The van der Waals surface area contributed by atoms with Crippen LogP contribution in [-0.4, -0.2) is 12.6 Å². The topological polar surface area (TPSA) is 35.2 Å². The lowest BCUT2D eigenvalue weighted by atomic mass is 10.2. The second kappa shape index (κ2) is 6.93. The van der Waals surface area contributed by atoms with Gasteiger partial charge in [0.15, 0.2) is 0 Å². The quantitative estimate of drug-likeness (QED) is 0.872.